The lowest BCUT2D eigenvalue weighted by Crippen LogP contribution is -1.94. The third-order valence-electron chi connectivity index (χ3n) is 2.72. The summed E-state index contributed by atoms with van der Waals surface area (Å²) in [7, 11) is 1.87. The summed E-state index contributed by atoms with van der Waals surface area (Å²) in [6, 6.07) is 10.5. The van der Waals surface area contributed by atoms with Crippen molar-refractivity contribution in [1.82, 2.24) is 9.97 Å². The Morgan fingerprint density at radius 2 is 1.94 bits per heavy atom. The topological polar surface area (TPSA) is 40.7 Å². The maximum atomic E-state index is 4.48. The number of nitrogens with one attached hydrogen (secondary N) is 2. The molecule has 1 aromatic carbocycles. The number of rotatable bonds is 4. The monoisotopic (exact) mass is 215 g/mol. The number of aromatic nitrogens is 2. The molecule has 0 aliphatic heterocycles. The van der Waals surface area contributed by atoms with Crippen LogP contribution in [0.15, 0.2) is 30.3 Å². The quantitative estimate of drug-likeness (QED) is 0.823. The van der Waals surface area contributed by atoms with Crippen molar-refractivity contribution < 1.29 is 0 Å². The zero-order chi connectivity index (χ0) is 11.4. The molecule has 0 aliphatic rings. The van der Waals surface area contributed by atoms with Crippen molar-refractivity contribution in [3.63, 3.8) is 0 Å². The van der Waals surface area contributed by atoms with Crippen LogP contribution in [0.3, 0.4) is 0 Å². The third-order valence-corrected chi connectivity index (χ3v) is 2.72. The van der Waals surface area contributed by atoms with Gasteiger partial charge in [-0.25, -0.2) is 4.98 Å². The number of H-pyrrole nitrogens is 1. The predicted octanol–water partition coefficient (Wildman–Crippen LogP) is 2.55. The van der Waals surface area contributed by atoms with Gasteiger partial charge in [-0.15, -0.1) is 0 Å². The Kier molecular flexibility index (Phi) is 3.25. The molecule has 1 aromatic heterocycles. The summed E-state index contributed by atoms with van der Waals surface area (Å²) in [6.45, 7) is 2.06. The van der Waals surface area contributed by atoms with E-state index in [1.165, 1.54) is 5.56 Å². The van der Waals surface area contributed by atoms with Gasteiger partial charge in [0, 0.05) is 12.7 Å². The van der Waals surface area contributed by atoms with Crippen LogP contribution >= 0.6 is 0 Å². The minimum atomic E-state index is 0.848. The fourth-order valence-electron chi connectivity index (χ4n) is 1.77. The van der Waals surface area contributed by atoms with Crippen molar-refractivity contribution in [1.29, 1.82) is 0 Å². The van der Waals surface area contributed by atoms with E-state index < -0.39 is 0 Å². The summed E-state index contributed by atoms with van der Waals surface area (Å²) in [5.41, 5.74) is 3.66. The molecule has 0 saturated carbocycles. The number of hydrogen-bond donors (Lipinski definition) is 2. The van der Waals surface area contributed by atoms with Crippen LogP contribution in [0.1, 0.15) is 17.0 Å². The minimum Gasteiger partial charge on any atom is -0.359 e. The first-order valence-corrected chi connectivity index (χ1v) is 5.57. The second kappa shape index (κ2) is 4.84. The van der Waals surface area contributed by atoms with E-state index in [1.54, 1.807) is 0 Å². The molecule has 84 valence electrons. The van der Waals surface area contributed by atoms with Gasteiger partial charge in [-0.2, -0.15) is 0 Å². The van der Waals surface area contributed by atoms with Gasteiger partial charge in [0.25, 0.3) is 0 Å². The van der Waals surface area contributed by atoms with Crippen molar-refractivity contribution in [3.8, 4) is 0 Å². The average molecular weight is 215 g/mol. The molecule has 2 rings (SSSR count). The van der Waals surface area contributed by atoms with Gasteiger partial charge in [-0.1, -0.05) is 30.3 Å². The summed E-state index contributed by atoms with van der Waals surface area (Å²) in [5.74, 6) is 0.848. The van der Waals surface area contributed by atoms with Crippen molar-refractivity contribution in [2.45, 2.75) is 19.8 Å². The van der Waals surface area contributed by atoms with Crippen LogP contribution in [0, 0.1) is 6.92 Å². The van der Waals surface area contributed by atoms with Gasteiger partial charge in [0.2, 0.25) is 0 Å². The number of imidazole rings is 1. The van der Waals surface area contributed by atoms with Gasteiger partial charge in [-0.3, -0.25) is 0 Å². The molecule has 3 heteroatoms. The zero-order valence-corrected chi connectivity index (χ0v) is 9.75. The van der Waals surface area contributed by atoms with Crippen LogP contribution in [0.25, 0.3) is 0 Å². The predicted molar refractivity (Wildman–Crippen MR) is 66.7 cm³/mol. The minimum absolute atomic E-state index is 0.848. The van der Waals surface area contributed by atoms with Gasteiger partial charge in [0.1, 0.15) is 0 Å². The van der Waals surface area contributed by atoms with Gasteiger partial charge >= 0.3 is 0 Å². The van der Waals surface area contributed by atoms with Crippen LogP contribution in [-0.2, 0) is 12.8 Å². The molecule has 0 spiro atoms. The standard InChI is InChI=1S/C13H17N3/c1-10-12(16-13(14-2)15-10)9-8-11-6-4-3-5-7-11/h3-7H,8-9H2,1-2H3,(H2,14,15,16). The van der Waals surface area contributed by atoms with Crippen molar-refractivity contribution in [3.05, 3.63) is 47.3 Å². The van der Waals surface area contributed by atoms with Gasteiger partial charge < -0.3 is 10.3 Å². The molecular formula is C13H17N3. The highest BCUT2D eigenvalue weighted by Crippen LogP contribution is 2.11. The molecule has 0 aliphatic carbocycles. The maximum Gasteiger partial charge on any atom is 0.200 e. The van der Waals surface area contributed by atoms with Crippen LogP contribution < -0.4 is 5.32 Å². The highest BCUT2D eigenvalue weighted by Gasteiger charge is 2.05. The number of aryl methyl sites for hydroxylation is 3. The fraction of sp³-hybridized carbons (Fsp3) is 0.308. The molecule has 0 amide bonds. The third kappa shape index (κ3) is 2.42. The normalized spacial score (nSPS) is 10.4. The second-order valence-corrected chi connectivity index (χ2v) is 3.89. The van der Waals surface area contributed by atoms with Crippen molar-refractivity contribution in [2.24, 2.45) is 0 Å². The van der Waals surface area contributed by atoms with Gasteiger partial charge in [-0.05, 0) is 25.3 Å². The molecule has 3 nitrogen and oxygen atoms in total. The van der Waals surface area contributed by atoms with Crippen LogP contribution in [0.2, 0.25) is 0 Å². The second-order valence-electron chi connectivity index (χ2n) is 3.89. The summed E-state index contributed by atoms with van der Waals surface area (Å²) in [4.78, 5) is 7.69. The summed E-state index contributed by atoms with van der Waals surface area (Å²) in [5, 5.41) is 3.02. The lowest BCUT2D eigenvalue weighted by molar-refractivity contribution is 0.914. The number of nitrogens with zero attached hydrogens (tertiary/aromatic N) is 1. The molecule has 0 bridgehead atoms. The van der Waals surface area contributed by atoms with E-state index in [4.69, 9.17) is 0 Å². The largest absolute Gasteiger partial charge is 0.359 e. The Hall–Kier alpha value is -1.77. The molecule has 2 N–H and O–H groups in total. The van der Waals surface area contributed by atoms with Gasteiger partial charge in [0.15, 0.2) is 5.95 Å². The average Bonchev–Trinajstić information content (AvgIpc) is 2.69. The van der Waals surface area contributed by atoms with E-state index in [0.29, 0.717) is 0 Å². The smallest absolute Gasteiger partial charge is 0.200 e. The molecule has 0 fully saturated rings. The van der Waals surface area contributed by atoms with E-state index in [9.17, 15) is 0 Å². The van der Waals surface area contributed by atoms with Crippen molar-refractivity contribution >= 4 is 5.95 Å². The Labute approximate surface area is 95.9 Å². The molecule has 0 radical (unpaired) electrons. The SMILES string of the molecule is CNc1nc(CCc2ccccc2)c(C)[nH]1. The Morgan fingerprint density at radius 3 is 2.56 bits per heavy atom. The molecule has 0 saturated heterocycles. The zero-order valence-electron chi connectivity index (χ0n) is 9.75. The first-order valence-electron chi connectivity index (χ1n) is 5.57. The van der Waals surface area contributed by atoms with E-state index in [2.05, 4.69) is 46.5 Å². The molecule has 2 aromatic rings. The first kappa shape index (κ1) is 10.7. The Bertz CT molecular complexity index is 445. The van der Waals surface area contributed by atoms with E-state index >= 15 is 0 Å². The van der Waals surface area contributed by atoms with Gasteiger partial charge in [0.05, 0.1) is 5.69 Å². The van der Waals surface area contributed by atoms with E-state index in [0.717, 1.165) is 30.2 Å². The Morgan fingerprint density at radius 1 is 1.19 bits per heavy atom. The number of benzene rings is 1. The van der Waals surface area contributed by atoms with Crippen LogP contribution in [0.4, 0.5) is 5.95 Å². The van der Waals surface area contributed by atoms with Crippen LogP contribution in [0.5, 0.6) is 0 Å². The highest BCUT2D eigenvalue weighted by atomic mass is 15.1. The molecule has 1 heterocycles. The molecule has 0 atom stereocenters. The number of anilines is 1. The van der Waals surface area contributed by atoms with Crippen molar-refractivity contribution in [2.75, 3.05) is 12.4 Å². The lowest BCUT2D eigenvalue weighted by Gasteiger charge is -1.99. The van der Waals surface area contributed by atoms with E-state index in [-0.39, 0.29) is 0 Å². The first-order chi connectivity index (χ1) is 7.79. The van der Waals surface area contributed by atoms with Crippen LogP contribution in [-0.4, -0.2) is 17.0 Å². The molecule has 0 unspecified atom stereocenters. The number of aromatic amines is 1. The maximum absolute atomic E-state index is 4.48. The Balaban J connectivity index is 2.02. The van der Waals surface area contributed by atoms with E-state index in [1.807, 2.05) is 13.1 Å². The summed E-state index contributed by atoms with van der Waals surface area (Å²) < 4.78 is 0. The fourth-order valence-corrected chi connectivity index (χ4v) is 1.77. The summed E-state index contributed by atoms with van der Waals surface area (Å²) in [6.07, 6.45) is 2.02. The highest BCUT2D eigenvalue weighted by molar-refractivity contribution is 5.30. The number of hydrogen-bond acceptors (Lipinski definition) is 2. The molecular weight excluding hydrogens is 198 g/mol. The lowest BCUT2D eigenvalue weighted by atomic mass is 10.1. The molecule has 16 heavy (non-hydrogen) atoms. The summed E-state index contributed by atoms with van der Waals surface area (Å²) >= 11 is 0.